The van der Waals surface area contributed by atoms with Crippen LogP contribution in [0.3, 0.4) is 0 Å². The van der Waals surface area contributed by atoms with Gasteiger partial charge in [0.25, 0.3) is 0 Å². The predicted molar refractivity (Wildman–Crippen MR) is 66.9 cm³/mol. The lowest BCUT2D eigenvalue weighted by molar-refractivity contribution is -0.137. The average molecular weight is 244 g/mol. The van der Waals surface area contributed by atoms with E-state index in [1.54, 1.807) is 0 Å². The number of carbonyl (C=O) groups is 2. The monoisotopic (exact) mass is 244 g/mol. The number of hydrogen-bond acceptors (Lipinski definition) is 3. The fourth-order valence-electron chi connectivity index (χ4n) is 1.43. The number of nitrogens with one attached hydrogen (secondary N) is 1. The Kier molecular flexibility index (Phi) is 8.40. The van der Waals surface area contributed by atoms with Crippen LogP contribution in [0.25, 0.3) is 0 Å². The first-order valence-corrected chi connectivity index (χ1v) is 6.07. The smallest absolute Gasteiger partial charge is 0.303 e. The van der Waals surface area contributed by atoms with Gasteiger partial charge in [-0.05, 0) is 46.8 Å². The maximum Gasteiger partial charge on any atom is 0.303 e. The van der Waals surface area contributed by atoms with E-state index in [1.165, 1.54) is 0 Å². The first-order chi connectivity index (χ1) is 7.91. The van der Waals surface area contributed by atoms with E-state index in [-0.39, 0.29) is 18.4 Å². The van der Waals surface area contributed by atoms with Crippen molar-refractivity contribution in [1.82, 2.24) is 10.2 Å². The Balaban J connectivity index is 3.53. The topological polar surface area (TPSA) is 69.6 Å². The molecule has 2 N–H and O–H groups in total. The zero-order chi connectivity index (χ0) is 13.3. The van der Waals surface area contributed by atoms with Gasteiger partial charge in [0.2, 0.25) is 5.91 Å². The van der Waals surface area contributed by atoms with Gasteiger partial charge in [0, 0.05) is 18.9 Å². The molecule has 0 aliphatic carbocycles. The molecule has 1 atom stereocenters. The number of nitrogens with zero attached hydrogens (tertiary/aromatic N) is 1. The number of carboxylic acids is 1. The van der Waals surface area contributed by atoms with Gasteiger partial charge in [0.1, 0.15) is 0 Å². The van der Waals surface area contributed by atoms with Gasteiger partial charge in [0.15, 0.2) is 0 Å². The van der Waals surface area contributed by atoms with E-state index in [1.807, 2.05) is 21.0 Å². The Morgan fingerprint density at radius 1 is 1.24 bits per heavy atom. The number of carbonyl (C=O) groups excluding carboxylic acids is 1. The molecule has 0 fully saturated rings. The Morgan fingerprint density at radius 3 is 2.35 bits per heavy atom. The first kappa shape index (κ1) is 15.9. The lowest BCUT2D eigenvalue weighted by Crippen LogP contribution is -2.34. The number of carboxylic acid groups (broad SMARTS) is 1. The van der Waals surface area contributed by atoms with Crippen LogP contribution in [0.2, 0.25) is 0 Å². The van der Waals surface area contributed by atoms with Crippen molar-refractivity contribution in [3.63, 3.8) is 0 Å². The first-order valence-electron chi connectivity index (χ1n) is 6.07. The fourth-order valence-corrected chi connectivity index (χ4v) is 1.43. The molecule has 0 bridgehead atoms. The molecule has 5 heteroatoms. The maximum atomic E-state index is 11.5. The van der Waals surface area contributed by atoms with Crippen molar-refractivity contribution < 1.29 is 14.7 Å². The molecule has 17 heavy (non-hydrogen) atoms. The summed E-state index contributed by atoms with van der Waals surface area (Å²) in [7, 11) is 4.00. The molecular formula is C12H24N2O3. The minimum absolute atomic E-state index is 0.0154. The molecule has 1 amide bonds. The molecule has 0 radical (unpaired) electrons. The zero-order valence-electron chi connectivity index (χ0n) is 11.0. The molecule has 0 aromatic heterocycles. The number of aliphatic carboxylic acids is 1. The van der Waals surface area contributed by atoms with E-state index in [0.717, 1.165) is 13.0 Å². The average Bonchev–Trinajstić information content (AvgIpc) is 2.21. The van der Waals surface area contributed by atoms with Crippen LogP contribution in [0.1, 0.15) is 39.0 Å². The van der Waals surface area contributed by atoms with Crippen molar-refractivity contribution in [2.24, 2.45) is 0 Å². The molecule has 0 heterocycles. The lowest BCUT2D eigenvalue weighted by Gasteiger charge is -2.16. The molecule has 1 unspecified atom stereocenters. The van der Waals surface area contributed by atoms with Gasteiger partial charge in [-0.25, -0.2) is 0 Å². The minimum atomic E-state index is -0.801. The Morgan fingerprint density at radius 2 is 1.82 bits per heavy atom. The molecule has 100 valence electrons. The molecule has 0 aromatic rings. The summed E-state index contributed by atoms with van der Waals surface area (Å²) >= 11 is 0. The van der Waals surface area contributed by atoms with E-state index in [9.17, 15) is 9.59 Å². The number of amides is 1. The summed E-state index contributed by atoms with van der Waals surface area (Å²) in [6.07, 6.45) is 2.68. The summed E-state index contributed by atoms with van der Waals surface area (Å²) in [5.74, 6) is -0.786. The van der Waals surface area contributed by atoms with Crippen LogP contribution in [0, 0.1) is 0 Å². The van der Waals surface area contributed by atoms with Gasteiger partial charge in [-0.2, -0.15) is 0 Å². The molecule has 0 spiro atoms. The van der Waals surface area contributed by atoms with Gasteiger partial charge in [-0.15, -0.1) is 0 Å². The summed E-state index contributed by atoms with van der Waals surface area (Å²) < 4.78 is 0. The Bertz CT molecular complexity index is 242. The number of unbranched alkanes of at least 4 members (excludes halogenated alkanes) is 1. The molecule has 0 saturated carbocycles. The summed E-state index contributed by atoms with van der Waals surface area (Å²) in [5, 5.41) is 11.4. The molecule has 0 aliphatic heterocycles. The maximum absolute atomic E-state index is 11.5. The third kappa shape index (κ3) is 11.2. The van der Waals surface area contributed by atoms with Crippen molar-refractivity contribution in [1.29, 1.82) is 0 Å². The van der Waals surface area contributed by atoms with Crippen LogP contribution in [0.15, 0.2) is 0 Å². The van der Waals surface area contributed by atoms with Crippen LogP contribution in [0.4, 0.5) is 0 Å². The largest absolute Gasteiger partial charge is 0.481 e. The standard InChI is InChI=1S/C12H24N2O3/c1-10(8-9-14(2)3)13-11(15)6-4-5-7-12(16)17/h10H,4-9H2,1-3H3,(H,13,15)(H,16,17). The van der Waals surface area contributed by atoms with Crippen LogP contribution in [0.5, 0.6) is 0 Å². The van der Waals surface area contributed by atoms with E-state index in [0.29, 0.717) is 19.3 Å². The van der Waals surface area contributed by atoms with Crippen molar-refractivity contribution in [3.8, 4) is 0 Å². The SMILES string of the molecule is CC(CCN(C)C)NC(=O)CCCCC(=O)O. The summed E-state index contributed by atoms with van der Waals surface area (Å²) in [6, 6.07) is 0.171. The highest BCUT2D eigenvalue weighted by Gasteiger charge is 2.07. The molecule has 0 aromatic carbocycles. The van der Waals surface area contributed by atoms with E-state index < -0.39 is 5.97 Å². The third-order valence-electron chi connectivity index (χ3n) is 2.46. The highest BCUT2D eigenvalue weighted by Crippen LogP contribution is 2.01. The van der Waals surface area contributed by atoms with Crippen molar-refractivity contribution in [2.45, 2.75) is 45.1 Å². The zero-order valence-corrected chi connectivity index (χ0v) is 11.0. The third-order valence-corrected chi connectivity index (χ3v) is 2.46. The van der Waals surface area contributed by atoms with Gasteiger partial charge in [-0.1, -0.05) is 0 Å². The van der Waals surface area contributed by atoms with Crippen LogP contribution >= 0.6 is 0 Å². The van der Waals surface area contributed by atoms with E-state index in [4.69, 9.17) is 5.11 Å². The van der Waals surface area contributed by atoms with Crippen molar-refractivity contribution >= 4 is 11.9 Å². The van der Waals surface area contributed by atoms with Gasteiger partial charge < -0.3 is 15.3 Å². The van der Waals surface area contributed by atoms with Crippen LogP contribution < -0.4 is 5.32 Å². The molecular weight excluding hydrogens is 220 g/mol. The van der Waals surface area contributed by atoms with E-state index in [2.05, 4.69) is 10.2 Å². The lowest BCUT2D eigenvalue weighted by atomic mass is 10.1. The van der Waals surface area contributed by atoms with Crippen LogP contribution in [-0.4, -0.2) is 48.6 Å². The van der Waals surface area contributed by atoms with Gasteiger partial charge in [-0.3, -0.25) is 9.59 Å². The number of rotatable bonds is 9. The fraction of sp³-hybridized carbons (Fsp3) is 0.833. The Hall–Kier alpha value is -1.10. The molecule has 5 nitrogen and oxygen atoms in total. The molecule has 0 saturated heterocycles. The normalized spacial score (nSPS) is 12.5. The second-order valence-corrected chi connectivity index (χ2v) is 4.66. The van der Waals surface area contributed by atoms with Crippen molar-refractivity contribution in [3.05, 3.63) is 0 Å². The van der Waals surface area contributed by atoms with Crippen molar-refractivity contribution in [2.75, 3.05) is 20.6 Å². The highest BCUT2D eigenvalue weighted by molar-refractivity contribution is 5.76. The number of hydrogen-bond donors (Lipinski definition) is 2. The van der Waals surface area contributed by atoms with Gasteiger partial charge >= 0.3 is 5.97 Å². The quantitative estimate of drug-likeness (QED) is 0.596. The summed E-state index contributed by atoms with van der Waals surface area (Å²) in [4.78, 5) is 23.8. The second kappa shape index (κ2) is 8.98. The Labute approximate surface area is 103 Å². The minimum Gasteiger partial charge on any atom is -0.481 e. The summed E-state index contributed by atoms with van der Waals surface area (Å²) in [6.45, 7) is 2.93. The van der Waals surface area contributed by atoms with E-state index >= 15 is 0 Å². The predicted octanol–water partition coefficient (Wildman–Crippen LogP) is 1.09. The molecule has 0 aliphatic rings. The summed E-state index contributed by atoms with van der Waals surface area (Å²) in [5.41, 5.74) is 0. The highest BCUT2D eigenvalue weighted by atomic mass is 16.4. The second-order valence-electron chi connectivity index (χ2n) is 4.66. The molecule has 0 rings (SSSR count). The van der Waals surface area contributed by atoms with Crippen LogP contribution in [-0.2, 0) is 9.59 Å². The van der Waals surface area contributed by atoms with Gasteiger partial charge in [0.05, 0.1) is 0 Å².